The van der Waals surface area contributed by atoms with Gasteiger partial charge in [0, 0.05) is 18.0 Å². The maximum atomic E-state index is 13.1. The van der Waals surface area contributed by atoms with Crippen LogP contribution in [0.5, 0.6) is 0 Å². The lowest BCUT2D eigenvalue weighted by atomic mass is 9.88. The topological polar surface area (TPSA) is 68.1 Å². The maximum absolute atomic E-state index is 13.1. The molecule has 4 rings (SSSR count). The van der Waals surface area contributed by atoms with Crippen molar-refractivity contribution in [3.05, 3.63) is 57.2 Å². The van der Waals surface area contributed by atoms with E-state index in [2.05, 4.69) is 0 Å². The Balaban J connectivity index is 1.58. The second-order valence-corrected chi connectivity index (χ2v) is 9.03. The van der Waals surface area contributed by atoms with Crippen LogP contribution in [0, 0.1) is 5.92 Å². The molecular formula is C22H24ClN2O4S+. The van der Waals surface area contributed by atoms with E-state index in [1.54, 1.807) is 46.7 Å². The van der Waals surface area contributed by atoms with Gasteiger partial charge < -0.3 is 14.5 Å². The largest absolute Gasteiger partial charge is 0.370 e. The average molecular weight is 448 g/mol. The minimum Gasteiger partial charge on any atom is -0.370 e. The van der Waals surface area contributed by atoms with E-state index in [-0.39, 0.29) is 5.78 Å². The number of nitrogens with one attached hydrogen (secondary N) is 1. The number of amides is 1. The summed E-state index contributed by atoms with van der Waals surface area (Å²) in [7, 11) is 0. The molecule has 2 aliphatic rings. The van der Waals surface area contributed by atoms with Gasteiger partial charge in [-0.15, -0.1) is 11.3 Å². The van der Waals surface area contributed by atoms with Gasteiger partial charge in [0.15, 0.2) is 5.78 Å². The molecule has 2 unspecified atom stereocenters. The number of ether oxygens (including phenoxy) is 1. The van der Waals surface area contributed by atoms with Gasteiger partial charge >= 0.3 is 0 Å². The third-order valence-electron chi connectivity index (χ3n) is 5.79. The summed E-state index contributed by atoms with van der Waals surface area (Å²) in [6.07, 6.45) is 0.762. The molecule has 8 heteroatoms. The summed E-state index contributed by atoms with van der Waals surface area (Å²) in [5.41, 5.74) is 0.757. The molecule has 6 nitrogen and oxygen atoms in total. The Labute approximate surface area is 184 Å². The Bertz CT molecular complexity index is 910. The van der Waals surface area contributed by atoms with E-state index in [4.69, 9.17) is 16.3 Å². The first-order valence-electron chi connectivity index (χ1n) is 10.2. The van der Waals surface area contributed by atoms with E-state index < -0.39 is 23.7 Å². The van der Waals surface area contributed by atoms with Crippen molar-refractivity contribution in [2.45, 2.75) is 12.5 Å². The van der Waals surface area contributed by atoms with Crippen molar-refractivity contribution in [2.75, 3.05) is 39.4 Å². The Morgan fingerprint density at radius 1 is 1.17 bits per heavy atom. The lowest BCUT2D eigenvalue weighted by Gasteiger charge is -2.28. The van der Waals surface area contributed by atoms with Crippen LogP contribution >= 0.6 is 22.9 Å². The molecular weight excluding hydrogens is 424 g/mol. The van der Waals surface area contributed by atoms with Crippen LogP contribution in [0.25, 0.3) is 0 Å². The molecule has 0 saturated carbocycles. The lowest BCUT2D eigenvalue weighted by molar-refractivity contribution is -0.908. The van der Waals surface area contributed by atoms with Crippen LogP contribution in [0.4, 0.5) is 0 Å². The summed E-state index contributed by atoms with van der Waals surface area (Å²) in [6, 6.07) is 9.94. The molecule has 2 saturated heterocycles. The molecule has 0 aliphatic carbocycles. The van der Waals surface area contributed by atoms with Crippen LogP contribution in [0.15, 0.2) is 41.8 Å². The standard InChI is InChI=1S/C22H23ClN2O4S/c23-16-6-4-15(5-7-16)19-18(20(26)17-3-1-14-30-17)21(27)22(28)25(19)9-2-8-24-10-12-29-13-11-24/h1,3-7,14,18-19H,2,8-13H2/p+1. The van der Waals surface area contributed by atoms with Crippen LogP contribution in [0.3, 0.4) is 0 Å². The Hall–Kier alpha value is -2.06. The minimum atomic E-state index is -1.02. The molecule has 2 aliphatic heterocycles. The Kier molecular flexibility index (Phi) is 6.63. The highest BCUT2D eigenvalue weighted by Gasteiger charge is 2.51. The van der Waals surface area contributed by atoms with E-state index >= 15 is 0 Å². The zero-order chi connectivity index (χ0) is 21.1. The molecule has 1 aromatic heterocycles. The van der Waals surface area contributed by atoms with E-state index in [9.17, 15) is 14.4 Å². The molecule has 2 fully saturated rings. The predicted molar refractivity (Wildman–Crippen MR) is 114 cm³/mol. The van der Waals surface area contributed by atoms with Gasteiger partial charge in [0.05, 0.1) is 30.7 Å². The first-order valence-corrected chi connectivity index (χ1v) is 11.4. The van der Waals surface area contributed by atoms with Crippen LogP contribution in [-0.4, -0.2) is 61.8 Å². The number of benzene rings is 1. The highest BCUT2D eigenvalue weighted by atomic mass is 35.5. The molecule has 0 bridgehead atoms. The first-order chi connectivity index (χ1) is 14.6. The van der Waals surface area contributed by atoms with Crippen LogP contribution in [0.2, 0.25) is 5.02 Å². The zero-order valence-electron chi connectivity index (χ0n) is 16.5. The van der Waals surface area contributed by atoms with Gasteiger partial charge in [-0.2, -0.15) is 0 Å². The number of hydrogen-bond donors (Lipinski definition) is 1. The molecule has 30 heavy (non-hydrogen) atoms. The van der Waals surface area contributed by atoms with Crippen molar-refractivity contribution in [1.82, 2.24) is 4.90 Å². The number of thiophene rings is 1. The van der Waals surface area contributed by atoms with Crippen LogP contribution in [0.1, 0.15) is 27.7 Å². The number of Topliss-reactive ketones (excluding diaryl/α,β-unsaturated/α-hetero) is 2. The summed E-state index contributed by atoms with van der Waals surface area (Å²) >= 11 is 7.33. The minimum absolute atomic E-state index is 0.287. The molecule has 0 spiro atoms. The second-order valence-electron chi connectivity index (χ2n) is 7.64. The highest BCUT2D eigenvalue weighted by molar-refractivity contribution is 7.12. The predicted octanol–water partition coefficient (Wildman–Crippen LogP) is 1.66. The average Bonchev–Trinajstić information content (AvgIpc) is 3.38. The zero-order valence-corrected chi connectivity index (χ0v) is 18.1. The summed E-state index contributed by atoms with van der Waals surface area (Å²) in [4.78, 5) is 42.5. The van der Waals surface area contributed by atoms with E-state index in [1.807, 2.05) is 0 Å². The Morgan fingerprint density at radius 3 is 2.57 bits per heavy atom. The Morgan fingerprint density at radius 2 is 1.90 bits per heavy atom. The fourth-order valence-electron chi connectivity index (χ4n) is 4.24. The van der Waals surface area contributed by atoms with E-state index in [0.717, 1.165) is 44.8 Å². The van der Waals surface area contributed by atoms with Crippen molar-refractivity contribution >= 4 is 40.4 Å². The van der Waals surface area contributed by atoms with Gasteiger partial charge in [-0.25, -0.2) is 0 Å². The number of likely N-dealkylation sites (tertiary alicyclic amines) is 1. The summed E-state index contributed by atoms with van der Waals surface area (Å²) in [6.45, 7) is 4.75. The van der Waals surface area contributed by atoms with Gasteiger partial charge in [-0.3, -0.25) is 14.4 Å². The number of hydrogen-bond acceptors (Lipinski definition) is 5. The van der Waals surface area contributed by atoms with Gasteiger partial charge in [-0.05, 0) is 29.1 Å². The quantitative estimate of drug-likeness (QED) is 0.398. The van der Waals surface area contributed by atoms with E-state index in [0.29, 0.717) is 16.4 Å². The third kappa shape index (κ3) is 4.34. The summed E-state index contributed by atoms with van der Waals surface area (Å²) < 4.78 is 5.39. The number of quaternary nitrogens is 1. The molecule has 1 aromatic carbocycles. The number of ketones is 2. The normalized spacial score (nSPS) is 22.6. The molecule has 2 aromatic rings. The monoisotopic (exact) mass is 447 g/mol. The number of carbonyl (C=O) groups excluding carboxylic acids is 3. The van der Waals surface area contributed by atoms with Crippen molar-refractivity contribution in [2.24, 2.45) is 5.92 Å². The summed E-state index contributed by atoms with van der Waals surface area (Å²) in [5, 5.41) is 2.37. The fourth-order valence-corrected chi connectivity index (χ4v) is 5.07. The molecule has 1 N–H and O–H groups in total. The van der Waals surface area contributed by atoms with Crippen molar-refractivity contribution < 1.29 is 24.0 Å². The van der Waals surface area contributed by atoms with Gasteiger partial charge in [0.25, 0.3) is 5.91 Å². The number of morpholine rings is 1. The number of carbonyl (C=O) groups is 3. The van der Waals surface area contributed by atoms with Crippen LogP contribution < -0.4 is 4.90 Å². The molecule has 158 valence electrons. The van der Waals surface area contributed by atoms with Gasteiger partial charge in [-0.1, -0.05) is 29.8 Å². The number of rotatable bonds is 7. The second kappa shape index (κ2) is 9.39. The SMILES string of the molecule is O=C1C(=O)N(CCC[NH+]2CCOCC2)C(c2ccc(Cl)cc2)C1C(=O)c1cccs1. The molecule has 0 radical (unpaired) electrons. The van der Waals surface area contributed by atoms with Gasteiger partial charge in [0.2, 0.25) is 5.78 Å². The smallest absolute Gasteiger partial charge is 0.291 e. The van der Waals surface area contributed by atoms with Crippen molar-refractivity contribution in [3.8, 4) is 0 Å². The molecule has 1 amide bonds. The van der Waals surface area contributed by atoms with Crippen molar-refractivity contribution in [3.63, 3.8) is 0 Å². The summed E-state index contributed by atoms with van der Waals surface area (Å²) in [5.74, 6) is -2.49. The van der Waals surface area contributed by atoms with Crippen LogP contribution in [-0.2, 0) is 14.3 Å². The maximum Gasteiger partial charge on any atom is 0.291 e. The van der Waals surface area contributed by atoms with Crippen molar-refractivity contribution in [1.29, 1.82) is 0 Å². The number of halogens is 1. The molecule has 2 atom stereocenters. The number of nitrogens with zero attached hydrogens (tertiary/aromatic N) is 1. The van der Waals surface area contributed by atoms with Gasteiger partial charge in [0.1, 0.15) is 19.0 Å². The lowest BCUT2D eigenvalue weighted by Crippen LogP contribution is -3.14. The highest BCUT2D eigenvalue weighted by Crippen LogP contribution is 2.39. The molecule has 3 heterocycles. The third-order valence-corrected chi connectivity index (χ3v) is 6.93. The fraction of sp³-hybridized carbons (Fsp3) is 0.409. The first kappa shape index (κ1) is 21.2. The van der Waals surface area contributed by atoms with E-state index in [1.165, 1.54) is 16.2 Å².